The van der Waals surface area contributed by atoms with E-state index >= 15 is 0 Å². The Morgan fingerprint density at radius 2 is 1.45 bits per heavy atom. The molecule has 0 amide bonds. The van der Waals surface area contributed by atoms with Gasteiger partial charge in [-0.15, -0.1) is 0 Å². The number of morpholine rings is 1. The highest BCUT2D eigenvalue weighted by atomic mass is 16.5. The molecule has 70 valence electrons. The van der Waals surface area contributed by atoms with Crippen molar-refractivity contribution in [1.82, 2.24) is 4.90 Å². The molecule has 1 aliphatic rings. The summed E-state index contributed by atoms with van der Waals surface area (Å²) in [6.45, 7) is 8.02. The average Bonchev–Trinajstić information content (AvgIpc) is 2.13. The molecule has 0 unspecified atom stereocenters. The summed E-state index contributed by atoms with van der Waals surface area (Å²) < 4.78 is 5.10. The van der Waals surface area contributed by atoms with Crippen LogP contribution in [0.1, 0.15) is 13.8 Å². The molecule has 0 bridgehead atoms. The molecule has 11 heavy (non-hydrogen) atoms. The Morgan fingerprint density at radius 3 is 1.64 bits per heavy atom. The maximum Gasteiger partial charge on any atom is 0.0594 e. The zero-order valence-electron chi connectivity index (χ0n) is 8.26. The third-order valence-electron chi connectivity index (χ3n) is 1.23. The molecule has 1 aliphatic heterocycles. The van der Waals surface area contributed by atoms with E-state index < -0.39 is 0 Å². The molecule has 3 heteroatoms. The standard InChI is InChI=1S/C5H11NO.C2H6.CH5N/c1-6-2-4-7-5-3-6;2*1-2/h2-5H2,1H3;1-2H3;2H2,1H3. The van der Waals surface area contributed by atoms with Gasteiger partial charge >= 0.3 is 0 Å². The van der Waals surface area contributed by atoms with E-state index in [1.54, 1.807) is 0 Å². The van der Waals surface area contributed by atoms with Crippen LogP contribution in [0.25, 0.3) is 0 Å². The normalized spacial score (nSPS) is 17.2. The van der Waals surface area contributed by atoms with E-state index in [0.717, 1.165) is 26.3 Å². The Bertz CT molecular complexity index is 54.1. The smallest absolute Gasteiger partial charge is 0.0594 e. The molecule has 0 atom stereocenters. The molecule has 0 radical (unpaired) electrons. The number of nitrogens with two attached hydrogens (primary N) is 1. The summed E-state index contributed by atoms with van der Waals surface area (Å²) in [6.07, 6.45) is 0. The van der Waals surface area contributed by atoms with Crippen molar-refractivity contribution in [2.24, 2.45) is 5.73 Å². The fourth-order valence-corrected chi connectivity index (χ4v) is 0.655. The topological polar surface area (TPSA) is 38.5 Å². The number of hydrogen-bond acceptors (Lipinski definition) is 3. The minimum Gasteiger partial charge on any atom is -0.379 e. The summed E-state index contributed by atoms with van der Waals surface area (Å²) in [5, 5.41) is 0. The Labute approximate surface area is 70.5 Å². The minimum absolute atomic E-state index is 0.913. The van der Waals surface area contributed by atoms with Gasteiger partial charge in [-0.1, -0.05) is 13.8 Å². The number of nitrogens with zero attached hydrogens (tertiary/aromatic N) is 1. The second kappa shape index (κ2) is 12.5. The zero-order valence-corrected chi connectivity index (χ0v) is 8.26. The van der Waals surface area contributed by atoms with Crippen LogP contribution in [0.2, 0.25) is 0 Å². The van der Waals surface area contributed by atoms with Gasteiger partial charge in [0.2, 0.25) is 0 Å². The quantitative estimate of drug-likeness (QED) is 0.565. The minimum atomic E-state index is 0.913. The lowest BCUT2D eigenvalue weighted by atomic mass is 10.5. The fraction of sp³-hybridized carbons (Fsp3) is 1.00. The lowest BCUT2D eigenvalue weighted by molar-refractivity contribution is 0.0503. The van der Waals surface area contributed by atoms with Gasteiger partial charge in [-0.25, -0.2) is 0 Å². The SMILES string of the molecule is CC.CN.CN1CCOCC1. The van der Waals surface area contributed by atoms with Crippen molar-refractivity contribution in [1.29, 1.82) is 0 Å². The van der Waals surface area contributed by atoms with E-state index in [-0.39, 0.29) is 0 Å². The Kier molecular flexibility index (Phi) is 15.4. The van der Waals surface area contributed by atoms with Gasteiger partial charge in [0, 0.05) is 13.1 Å². The first-order valence-electron chi connectivity index (χ1n) is 4.23. The lowest BCUT2D eigenvalue weighted by Crippen LogP contribution is -2.32. The van der Waals surface area contributed by atoms with Crippen molar-refractivity contribution in [3.63, 3.8) is 0 Å². The summed E-state index contributed by atoms with van der Waals surface area (Å²) in [4.78, 5) is 2.27. The van der Waals surface area contributed by atoms with Gasteiger partial charge in [0.15, 0.2) is 0 Å². The van der Waals surface area contributed by atoms with Crippen LogP contribution in [0.5, 0.6) is 0 Å². The van der Waals surface area contributed by atoms with Gasteiger partial charge in [0.25, 0.3) is 0 Å². The van der Waals surface area contributed by atoms with Crippen molar-refractivity contribution >= 4 is 0 Å². The van der Waals surface area contributed by atoms with E-state index in [0.29, 0.717) is 0 Å². The molecule has 0 aromatic rings. The molecule has 0 spiro atoms. The van der Waals surface area contributed by atoms with Gasteiger partial charge in [0.05, 0.1) is 13.2 Å². The molecule has 3 nitrogen and oxygen atoms in total. The van der Waals surface area contributed by atoms with Gasteiger partial charge in [0.1, 0.15) is 0 Å². The number of likely N-dealkylation sites (N-methyl/N-ethyl adjacent to an activating group) is 1. The maximum absolute atomic E-state index is 5.10. The Morgan fingerprint density at radius 1 is 1.09 bits per heavy atom. The Hall–Kier alpha value is -0.120. The third kappa shape index (κ3) is 9.88. The molecule has 0 saturated carbocycles. The lowest BCUT2D eigenvalue weighted by Gasteiger charge is -2.21. The summed E-state index contributed by atoms with van der Waals surface area (Å²) in [5.41, 5.74) is 4.50. The summed E-state index contributed by atoms with van der Waals surface area (Å²) in [6, 6.07) is 0. The van der Waals surface area contributed by atoms with Crippen molar-refractivity contribution in [2.45, 2.75) is 13.8 Å². The Balaban J connectivity index is 0. The highest BCUT2D eigenvalue weighted by Crippen LogP contribution is 1.89. The van der Waals surface area contributed by atoms with Gasteiger partial charge < -0.3 is 15.4 Å². The molecule has 1 saturated heterocycles. The highest BCUT2D eigenvalue weighted by molar-refractivity contribution is 4.53. The third-order valence-corrected chi connectivity index (χ3v) is 1.23. The highest BCUT2D eigenvalue weighted by Gasteiger charge is 2.02. The monoisotopic (exact) mass is 162 g/mol. The van der Waals surface area contributed by atoms with E-state index in [2.05, 4.69) is 17.7 Å². The number of hydrogen-bond donors (Lipinski definition) is 1. The molecule has 0 aromatic heterocycles. The zero-order chi connectivity index (χ0) is 9.11. The van der Waals surface area contributed by atoms with Gasteiger partial charge in [-0.3, -0.25) is 0 Å². The van der Waals surface area contributed by atoms with Crippen LogP contribution in [0.4, 0.5) is 0 Å². The van der Waals surface area contributed by atoms with E-state index in [1.807, 2.05) is 13.8 Å². The van der Waals surface area contributed by atoms with Crippen LogP contribution in [-0.2, 0) is 4.74 Å². The molecule has 1 fully saturated rings. The van der Waals surface area contributed by atoms with Crippen LogP contribution in [0.15, 0.2) is 0 Å². The maximum atomic E-state index is 5.10. The van der Waals surface area contributed by atoms with Crippen LogP contribution in [0, 0.1) is 0 Å². The van der Waals surface area contributed by atoms with Crippen LogP contribution in [-0.4, -0.2) is 45.3 Å². The van der Waals surface area contributed by atoms with E-state index in [1.165, 1.54) is 7.05 Å². The van der Waals surface area contributed by atoms with Crippen molar-refractivity contribution in [3.8, 4) is 0 Å². The number of ether oxygens (including phenoxy) is 1. The van der Waals surface area contributed by atoms with E-state index in [4.69, 9.17) is 4.74 Å². The van der Waals surface area contributed by atoms with Gasteiger partial charge in [-0.05, 0) is 14.1 Å². The summed E-state index contributed by atoms with van der Waals surface area (Å²) in [7, 11) is 3.61. The molecular weight excluding hydrogens is 140 g/mol. The largest absolute Gasteiger partial charge is 0.379 e. The summed E-state index contributed by atoms with van der Waals surface area (Å²) >= 11 is 0. The van der Waals surface area contributed by atoms with Crippen LogP contribution in [0.3, 0.4) is 0 Å². The predicted octanol–water partition coefficient (Wildman–Crippen LogP) is 0.550. The molecular formula is C8H22N2O. The summed E-state index contributed by atoms with van der Waals surface area (Å²) in [5.74, 6) is 0. The first kappa shape index (κ1) is 13.5. The number of rotatable bonds is 0. The van der Waals surface area contributed by atoms with Crippen molar-refractivity contribution in [2.75, 3.05) is 40.4 Å². The fourth-order valence-electron chi connectivity index (χ4n) is 0.655. The van der Waals surface area contributed by atoms with Crippen LogP contribution >= 0.6 is 0 Å². The second-order valence-corrected chi connectivity index (χ2v) is 1.92. The van der Waals surface area contributed by atoms with Crippen molar-refractivity contribution in [3.05, 3.63) is 0 Å². The van der Waals surface area contributed by atoms with Gasteiger partial charge in [-0.2, -0.15) is 0 Å². The van der Waals surface area contributed by atoms with Crippen molar-refractivity contribution < 1.29 is 4.74 Å². The molecule has 0 aliphatic carbocycles. The average molecular weight is 162 g/mol. The molecule has 2 N–H and O–H groups in total. The first-order valence-corrected chi connectivity index (χ1v) is 4.23. The predicted molar refractivity (Wildman–Crippen MR) is 49.8 cm³/mol. The first-order chi connectivity index (χ1) is 5.39. The second-order valence-electron chi connectivity index (χ2n) is 1.92. The molecule has 1 heterocycles. The molecule has 1 rings (SSSR count). The molecule has 0 aromatic carbocycles. The van der Waals surface area contributed by atoms with E-state index in [9.17, 15) is 0 Å². The van der Waals surface area contributed by atoms with Crippen LogP contribution < -0.4 is 5.73 Å².